The van der Waals surface area contributed by atoms with Crippen LogP contribution in [-0.2, 0) is 11.2 Å². The summed E-state index contributed by atoms with van der Waals surface area (Å²) in [7, 11) is 0. The molecule has 72 valence electrons. The van der Waals surface area contributed by atoms with Crippen molar-refractivity contribution in [1.82, 2.24) is 9.38 Å². The van der Waals surface area contributed by atoms with Crippen LogP contribution in [0.25, 0.3) is 5.65 Å². The third-order valence-corrected chi connectivity index (χ3v) is 2.38. The van der Waals surface area contributed by atoms with Gasteiger partial charge in [0.2, 0.25) is 0 Å². The van der Waals surface area contributed by atoms with E-state index in [0.29, 0.717) is 5.69 Å². The quantitative estimate of drug-likeness (QED) is 0.888. The van der Waals surface area contributed by atoms with Crippen LogP contribution in [0.1, 0.15) is 5.69 Å². The minimum atomic E-state index is -0.852. The number of rotatable bonds is 2. The molecule has 0 atom stereocenters. The van der Waals surface area contributed by atoms with Crippen molar-refractivity contribution < 1.29 is 9.90 Å². The van der Waals surface area contributed by atoms with Gasteiger partial charge in [-0.05, 0) is 12.1 Å². The Morgan fingerprint density at radius 1 is 1.64 bits per heavy atom. The summed E-state index contributed by atoms with van der Waals surface area (Å²) in [5.41, 5.74) is 1.43. The summed E-state index contributed by atoms with van der Waals surface area (Å²) in [6, 6.07) is 3.69. The zero-order valence-corrected chi connectivity index (χ0v) is 8.73. The minimum Gasteiger partial charge on any atom is -0.481 e. The number of pyridine rings is 1. The molecule has 0 radical (unpaired) electrons. The van der Waals surface area contributed by atoms with Gasteiger partial charge in [0, 0.05) is 16.9 Å². The number of aliphatic carboxylic acids is 1. The molecular formula is C9H7BrN2O2. The number of carboxylic acid groups (broad SMARTS) is 1. The Morgan fingerprint density at radius 2 is 2.43 bits per heavy atom. The smallest absolute Gasteiger partial charge is 0.309 e. The number of aromatic nitrogens is 2. The standard InChI is InChI=1S/C9H7BrN2O2/c10-6-1-2-12-7(4-9(13)14)5-11-8(12)3-6/h1-3,5H,4H2,(H,13,14). The Hall–Kier alpha value is -1.36. The number of nitrogens with zero attached hydrogens (tertiary/aromatic N) is 2. The molecule has 2 heterocycles. The summed E-state index contributed by atoms with van der Waals surface area (Å²) in [6.07, 6.45) is 3.36. The molecule has 5 heteroatoms. The van der Waals surface area contributed by atoms with Gasteiger partial charge in [0.05, 0.1) is 12.1 Å². The largest absolute Gasteiger partial charge is 0.481 e. The van der Waals surface area contributed by atoms with E-state index in [1.54, 1.807) is 16.8 Å². The lowest BCUT2D eigenvalue weighted by molar-refractivity contribution is -0.136. The Labute approximate surface area is 88.3 Å². The molecule has 0 spiro atoms. The van der Waals surface area contributed by atoms with Gasteiger partial charge in [0.1, 0.15) is 5.65 Å². The summed E-state index contributed by atoms with van der Waals surface area (Å²) in [6.45, 7) is 0. The maximum absolute atomic E-state index is 10.5. The van der Waals surface area contributed by atoms with Gasteiger partial charge in [-0.2, -0.15) is 0 Å². The average molecular weight is 255 g/mol. The molecule has 2 aromatic heterocycles. The van der Waals surface area contributed by atoms with Gasteiger partial charge in [0.15, 0.2) is 0 Å². The van der Waals surface area contributed by atoms with Crippen LogP contribution in [0.2, 0.25) is 0 Å². The van der Waals surface area contributed by atoms with Gasteiger partial charge >= 0.3 is 5.97 Å². The predicted molar refractivity (Wildman–Crippen MR) is 54.2 cm³/mol. The van der Waals surface area contributed by atoms with E-state index in [2.05, 4.69) is 20.9 Å². The van der Waals surface area contributed by atoms with E-state index in [4.69, 9.17) is 5.11 Å². The first-order valence-electron chi connectivity index (χ1n) is 4.00. The predicted octanol–water partition coefficient (Wildman–Crippen LogP) is 1.72. The third-order valence-electron chi connectivity index (χ3n) is 1.88. The number of fused-ring (bicyclic) bond motifs is 1. The molecule has 0 unspecified atom stereocenters. The van der Waals surface area contributed by atoms with E-state index in [1.807, 2.05) is 12.1 Å². The van der Waals surface area contributed by atoms with Crippen molar-refractivity contribution in [3.05, 3.63) is 34.7 Å². The van der Waals surface area contributed by atoms with Gasteiger partial charge in [0.25, 0.3) is 0 Å². The lowest BCUT2D eigenvalue weighted by Gasteiger charge is -1.98. The van der Waals surface area contributed by atoms with Crippen molar-refractivity contribution in [3.8, 4) is 0 Å². The number of hydrogen-bond donors (Lipinski definition) is 1. The van der Waals surface area contributed by atoms with E-state index < -0.39 is 5.97 Å². The van der Waals surface area contributed by atoms with E-state index in [0.717, 1.165) is 10.1 Å². The zero-order chi connectivity index (χ0) is 10.1. The van der Waals surface area contributed by atoms with Crippen molar-refractivity contribution in [2.75, 3.05) is 0 Å². The molecule has 2 aromatic rings. The number of hydrogen-bond acceptors (Lipinski definition) is 2. The maximum atomic E-state index is 10.5. The molecule has 0 saturated heterocycles. The van der Waals surface area contributed by atoms with Gasteiger partial charge in [-0.1, -0.05) is 15.9 Å². The number of imidazole rings is 1. The van der Waals surface area contributed by atoms with Crippen molar-refractivity contribution >= 4 is 27.5 Å². The minimum absolute atomic E-state index is 0.0111. The average Bonchev–Trinajstić information content (AvgIpc) is 2.47. The van der Waals surface area contributed by atoms with Crippen molar-refractivity contribution in [3.63, 3.8) is 0 Å². The first kappa shape index (κ1) is 9.21. The fourth-order valence-electron chi connectivity index (χ4n) is 1.29. The molecule has 0 amide bonds. The molecule has 1 N–H and O–H groups in total. The van der Waals surface area contributed by atoms with Crippen LogP contribution in [0.15, 0.2) is 29.0 Å². The van der Waals surface area contributed by atoms with Gasteiger partial charge in [-0.15, -0.1) is 0 Å². The normalized spacial score (nSPS) is 10.6. The van der Waals surface area contributed by atoms with Crippen LogP contribution in [0, 0.1) is 0 Å². The number of halogens is 1. The summed E-state index contributed by atoms with van der Waals surface area (Å²) >= 11 is 3.32. The third kappa shape index (κ3) is 1.63. The van der Waals surface area contributed by atoms with Crippen molar-refractivity contribution in [2.24, 2.45) is 0 Å². The Kier molecular flexibility index (Phi) is 2.25. The lowest BCUT2D eigenvalue weighted by Crippen LogP contribution is -2.02. The number of carboxylic acids is 1. The summed E-state index contributed by atoms with van der Waals surface area (Å²) < 4.78 is 2.69. The van der Waals surface area contributed by atoms with Gasteiger partial charge < -0.3 is 9.51 Å². The Balaban J connectivity index is 2.52. The summed E-state index contributed by atoms with van der Waals surface area (Å²) in [5, 5.41) is 8.65. The highest BCUT2D eigenvalue weighted by atomic mass is 79.9. The summed E-state index contributed by atoms with van der Waals surface area (Å²) in [5.74, 6) is -0.852. The fourth-order valence-corrected chi connectivity index (χ4v) is 1.62. The molecule has 0 aliphatic carbocycles. The number of carbonyl (C=O) groups is 1. The van der Waals surface area contributed by atoms with Crippen LogP contribution in [0.3, 0.4) is 0 Å². The van der Waals surface area contributed by atoms with Crippen LogP contribution < -0.4 is 0 Å². The highest BCUT2D eigenvalue weighted by molar-refractivity contribution is 9.10. The molecule has 0 aliphatic rings. The van der Waals surface area contributed by atoms with E-state index in [9.17, 15) is 4.79 Å². The van der Waals surface area contributed by atoms with E-state index in [-0.39, 0.29) is 6.42 Å². The Morgan fingerprint density at radius 3 is 3.14 bits per heavy atom. The van der Waals surface area contributed by atoms with Crippen LogP contribution >= 0.6 is 15.9 Å². The van der Waals surface area contributed by atoms with Gasteiger partial charge in [-0.25, -0.2) is 4.98 Å². The van der Waals surface area contributed by atoms with Gasteiger partial charge in [-0.3, -0.25) is 4.79 Å². The maximum Gasteiger partial charge on any atom is 0.309 e. The molecule has 0 fully saturated rings. The van der Waals surface area contributed by atoms with Crippen molar-refractivity contribution in [1.29, 1.82) is 0 Å². The van der Waals surface area contributed by atoms with Crippen molar-refractivity contribution in [2.45, 2.75) is 6.42 Å². The summed E-state index contributed by atoms with van der Waals surface area (Å²) in [4.78, 5) is 14.6. The van der Waals surface area contributed by atoms with Crippen LogP contribution in [0.4, 0.5) is 0 Å². The molecular weight excluding hydrogens is 248 g/mol. The molecule has 0 saturated carbocycles. The SMILES string of the molecule is O=C(O)Cc1cnc2cc(Br)ccn12. The molecule has 4 nitrogen and oxygen atoms in total. The van der Waals surface area contributed by atoms with Crippen LogP contribution in [0.5, 0.6) is 0 Å². The molecule has 2 rings (SSSR count). The molecule has 0 bridgehead atoms. The monoisotopic (exact) mass is 254 g/mol. The highest BCUT2D eigenvalue weighted by Gasteiger charge is 2.06. The second-order valence-electron chi connectivity index (χ2n) is 2.89. The van der Waals surface area contributed by atoms with E-state index >= 15 is 0 Å². The Bertz CT molecular complexity index is 493. The first-order valence-corrected chi connectivity index (χ1v) is 4.79. The first-order chi connectivity index (χ1) is 6.66. The second kappa shape index (κ2) is 3.42. The lowest BCUT2D eigenvalue weighted by atomic mass is 10.3. The fraction of sp³-hybridized carbons (Fsp3) is 0.111. The molecule has 14 heavy (non-hydrogen) atoms. The molecule has 0 aliphatic heterocycles. The zero-order valence-electron chi connectivity index (χ0n) is 7.14. The second-order valence-corrected chi connectivity index (χ2v) is 3.81. The van der Waals surface area contributed by atoms with E-state index in [1.165, 1.54) is 0 Å². The molecule has 0 aromatic carbocycles. The topological polar surface area (TPSA) is 54.6 Å². The highest BCUT2D eigenvalue weighted by Crippen LogP contribution is 2.14. The van der Waals surface area contributed by atoms with Crippen LogP contribution in [-0.4, -0.2) is 20.5 Å².